The van der Waals surface area contributed by atoms with E-state index >= 15 is 0 Å². The van der Waals surface area contributed by atoms with Crippen LogP contribution in [-0.2, 0) is 51.6 Å². The van der Waals surface area contributed by atoms with Crippen LogP contribution in [0.3, 0.4) is 0 Å². The summed E-state index contributed by atoms with van der Waals surface area (Å²) in [5.74, 6) is -1.16. The number of benzene rings is 6. The summed E-state index contributed by atoms with van der Waals surface area (Å²) in [6, 6.07) is 26.7. The van der Waals surface area contributed by atoms with E-state index in [1.807, 2.05) is 12.1 Å². The van der Waals surface area contributed by atoms with Crippen molar-refractivity contribution >= 4 is 135 Å². The smallest absolute Gasteiger partial charge is 0.295 e. The molecular formula is C47H30N11O17S6-. The summed E-state index contributed by atoms with van der Waals surface area (Å²) in [5.41, 5.74) is -1.79. The lowest BCUT2D eigenvalue weighted by atomic mass is 10.0. The number of nitrogens with zero attached hydrogens (tertiary/aromatic N) is 8. The molecule has 7 N–H and O–H groups in total. The predicted octanol–water partition coefficient (Wildman–Crippen LogP) is 9.72. The second kappa shape index (κ2) is 22.5. The normalized spacial score (nSPS) is 12.5. The Bertz CT molecular complexity index is 4600. The molecule has 1 amide bonds. The lowest BCUT2D eigenvalue weighted by Gasteiger charge is -2.16. The number of nitro groups is 1. The van der Waals surface area contributed by atoms with Crippen LogP contribution in [0.25, 0.3) is 21.9 Å². The summed E-state index contributed by atoms with van der Waals surface area (Å²) in [6.45, 7) is 1.42. The van der Waals surface area contributed by atoms with Gasteiger partial charge < -0.3 is 20.5 Å². The van der Waals surface area contributed by atoms with E-state index in [1.54, 1.807) is 0 Å². The van der Waals surface area contributed by atoms with Gasteiger partial charge in [0.05, 0.1) is 31.5 Å². The first-order valence-corrected chi connectivity index (χ1v) is 29.6. The molecule has 0 aliphatic heterocycles. The average molecular weight is 1210 g/mol. The highest BCUT2D eigenvalue weighted by Gasteiger charge is 2.27. The van der Waals surface area contributed by atoms with E-state index in [0.29, 0.717) is 29.5 Å². The highest BCUT2D eigenvalue weighted by Crippen LogP contribution is 2.49. The third-order valence-electron chi connectivity index (χ3n) is 11.3. The number of azo groups is 2. The van der Waals surface area contributed by atoms with Crippen molar-refractivity contribution in [3.8, 4) is 23.3 Å². The number of thiophene rings is 1. The monoisotopic (exact) mass is 1210 g/mol. The number of non-ortho nitro benzene ring substituents is 1. The van der Waals surface area contributed by atoms with Crippen LogP contribution >= 0.6 is 11.3 Å². The Morgan fingerprint density at radius 3 is 1.70 bits per heavy atom. The van der Waals surface area contributed by atoms with Crippen LogP contribution in [0.15, 0.2) is 166 Å². The van der Waals surface area contributed by atoms with Crippen molar-refractivity contribution in [3.05, 3.63) is 154 Å². The fourth-order valence-corrected chi connectivity index (χ4v) is 11.5. The second-order valence-corrected chi connectivity index (χ2v) is 24.0. The number of hydrogen-bond acceptors (Lipinski definition) is 23. The summed E-state index contributed by atoms with van der Waals surface area (Å²) in [5, 5.41) is 56.5. The molecule has 1 unspecified atom stereocenters. The zero-order chi connectivity index (χ0) is 58.9. The summed E-state index contributed by atoms with van der Waals surface area (Å²) in [7, 11) is -19.9. The van der Waals surface area contributed by atoms with Crippen molar-refractivity contribution in [2.75, 3.05) is 16.0 Å². The van der Waals surface area contributed by atoms with Gasteiger partial charge >= 0.3 is 0 Å². The quantitative estimate of drug-likeness (QED) is 0.0146. The van der Waals surface area contributed by atoms with Crippen LogP contribution in [0.1, 0.15) is 27.0 Å². The maximum absolute atomic E-state index is 13.2. The summed E-state index contributed by atoms with van der Waals surface area (Å²) in [6.07, 6.45) is 0. The Kier molecular flexibility index (Phi) is 16.1. The maximum atomic E-state index is 13.2. The van der Waals surface area contributed by atoms with E-state index in [9.17, 15) is 86.1 Å². The number of amides is 1. The molecule has 8 aromatic rings. The minimum atomic E-state index is -5.36. The van der Waals surface area contributed by atoms with Gasteiger partial charge in [0, 0.05) is 56.0 Å². The molecule has 28 nitrogen and oxygen atoms in total. The molecule has 8 rings (SSSR count). The fourth-order valence-electron chi connectivity index (χ4n) is 7.62. The van der Waals surface area contributed by atoms with Gasteiger partial charge in [0.2, 0.25) is 0 Å². The number of anilines is 5. The van der Waals surface area contributed by atoms with Crippen LogP contribution in [0.2, 0.25) is 0 Å². The molecule has 6 aromatic carbocycles. The van der Waals surface area contributed by atoms with E-state index in [4.69, 9.17) is 0 Å². The van der Waals surface area contributed by atoms with Crippen LogP contribution in [-0.4, -0.2) is 76.5 Å². The van der Waals surface area contributed by atoms with E-state index in [2.05, 4.69) is 41.4 Å². The lowest BCUT2D eigenvalue weighted by Crippen LogP contribution is -2.14. The number of carbonyl (C=O) groups is 1. The zero-order valence-electron chi connectivity index (χ0n) is 40.2. The maximum Gasteiger partial charge on any atom is 0.295 e. The number of carbonyl (C=O) groups excluding carboxylic acids is 1. The first-order valence-electron chi connectivity index (χ1n) is 21.9. The van der Waals surface area contributed by atoms with Gasteiger partial charge in [0.1, 0.15) is 38.2 Å². The zero-order valence-corrected chi connectivity index (χ0v) is 45.1. The van der Waals surface area contributed by atoms with Crippen LogP contribution < -0.4 is 16.0 Å². The molecule has 0 saturated carbocycles. The Labute approximate surface area is 463 Å². The SMILES string of the molecule is Cc1c(C#N)c(Nc2ccc(S(=O)(=O)O)cc2)nc(Nc2ccc(S(=O)(=O)O)cc2)c1N=Nc1sc(N=Nc2cc(S(=O)(=O)O)c3cc([N+](=O)[O-])cc(S(=O)(=O)O)c3c2)c(-c2ccc(NC(=O)c3ccccc3S(=O)[O-])cc2)c1C#N. The first-order chi connectivity index (χ1) is 38.0. The molecule has 0 aliphatic rings. The molecule has 0 saturated heterocycles. The fraction of sp³-hybridized carbons (Fsp3) is 0.0213. The topological polar surface area (TPSA) is 464 Å². The minimum absolute atomic E-state index is 0.0582. The van der Waals surface area contributed by atoms with Crippen molar-refractivity contribution < 1.29 is 70.4 Å². The van der Waals surface area contributed by atoms with Crippen LogP contribution in [0, 0.1) is 39.7 Å². The number of rotatable bonds is 17. The Hall–Kier alpha value is -9.17. The molecule has 0 fully saturated rings. The average Bonchev–Trinajstić information content (AvgIpc) is 3.78. The van der Waals surface area contributed by atoms with Gasteiger partial charge in [-0.3, -0.25) is 37.3 Å². The van der Waals surface area contributed by atoms with E-state index in [1.165, 1.54) is 79.7 Å². The molecule has 34 heteroatoms. The summed E-state index contributed by atoms with van der Waals surface area (Å²) in [4.78, 5) is 24.9. The minimum Gasteiger partial charge on any atom is -0.768 e. The molecule has 0 radical (unpaired) electrons. The highest BCUT2D eigenvalue weighted by molar-refractivity contribution is 7.87. The van der Waals surface area contributed by atoms with Crippen molar-refractivity contribution in [2.24, 2.45) is 20.5 Å². The number of aromatic nitrogens is 1. The number of pyridine rings is 1. The van der Waals surface area contributed by atoms with Crippen LogP contribution in [0.5, 0.6) is 0 Å². The second-order valence-electron chi connectivity index (χ2n) is 16.4. The molecule has 0 aliphatic carbocycles. The van der Waals surface area contributed by atoms with Crippen molar-refractivity contribution in [1.29, 1.82) is 10.5 Å². The van der Waals surface area contributed by atoms with Crippen LogP contribution in [0.4, 0.5) is 55.8 Å². The number of nitro benzene ring substituents is 1. The number of hydrogen-bond donors (Lipinski definition) is 7. The largest absolute Gasteiger partial charge is 0.768 e. The van der Waals surface area contributed by atoms with Gasteiger partial charge in [0.15, 0.2) is 16.6 Å². The van der Waals surface area contributed by atoms with Gasteiger partial charge in [-0.25, -0.2) is 4.98 Å². The Morgan fingerprint density at radius 2 is 1.17 bits per heavy atom. The molecular weight excluding hydrogens is 1180 g/mol. The third-order valence-corrected chi connectivity index (χ3v) is 16.5. The molecule has 412 valence electrons. The molecule has 0 spiro atoms. The van der Waals surface area contributed by atoms with Gasteiger partial charge in [-0.2, -0.15) is 44.2 Å². The predicted molar refractivity (Wildman–Crippen MR) is 287 cm³/mol. The van der Waals surface area contributed by atoms with E-state index in [0.717, 1.165) is 30.3 Å². The number of fused-ring (bicyclic) bond motifs is 1. The molecule has 1 atom stereocenters. The van der Waals surface area contributed by atoms with Crippen molar-refractivity contribution in [2.45, 2.75) is 31.4 Å². The van der Waals surface area contributed by atoms with E-state index in [-0.39, 0.29) is 82.7 Å². The molecule has 0 bridgehead atoms. The number of nitriles is 2. The Balaban J connectivity index is 1.30. The number of nitrogens with one attached hydrogen (secondary N) is 3. The van der Waals surface area contributed by atoms with E-state index < -0.39 is 104 Å². The summed E-state index contributed by atoms with van der Waals surface area (Å²) >= 11 is -2.17. The molecule has 81 heavy (non-hydrogen) atoms. The van der Waals surface area contributed by atoms with Gasteiger partial charge in [-0.1, -0.05) is 35.6 Å². The third kappa shape index (κ3) is 12.8. The molecule has 2 aromatic heterocycles. The lowest BCUT2D eigenvalue weighted by molar-refractivity contribution is -0.384. The molecule has 2 heterocycles. The van der Waals surface area contributed by atoms with Crippen molar-refractivity contribution in [3.63, 3.8) is 0 Å². The van der Waals surface area contributed by atoms with Gasteiger partial charge in [0.25, 0.3) is 52.1 Å². The highest BCUT2D eigenvalue weighted by atomic mass is 32.2. The van der Waals surface area contributed by atoms with Gasteiger partial charge in [-0.15, -0.1) is 20.5 Å². The first kappa shape index (κ1) is 58.0. The van der Waals surface area contributed by atoms with Gasteiger partial charge in [-0.05, 0) is 108 Å². The van der Waals surface area contributed by atoms with Crippen molar-refractivity contribution in [1.82, 2.24) is 4.98 Å². The summed E-state index contributed by atoms with van der Waals surface area (Å²) < 4.78 is 161. The Morgan fingerprint density at radius 1 is 0.654 bits per heavy atom. The standard InChI is InChI=1S/C47H31N11O17S6/c1-24-36(22-48)43(50-26-10-14-31(15-11-26)78(64,65)66)53-44(51-27-12-16-32(17-13-27)79(67,68)69)42(24)55-56-46-37(23-49)41(25-6-8-28(9-7-25)52-45(59)33-4-2-3-5-38(33)77(62)63)47(76-46)57-54-29-18-34-35(39(19-29)80(70,71)72)20-30(58(60)61)21-40(34)81(73,74)75/h2-21H,1H3,(H,52,59)(H,62,63)(H2,50,51,53)(H,64,65,66)(H,67,68,69)(H,70,71,72)(H,73,74,75)/p-1.